The van der Waals surface area contributed by atoms with Crippen LogP contribution in [0.3, 0.4) is 0 Å². The van der Waals surface area contributed by atoms with Crippen molar-refractivity contribution in [1.29, 1.82) is 0 Å². The Morgan fingerprint density at radius 1 is 0.933 bits per heavy atom. The normalized spacial score (nSPS) is 19.1. The molecule has 0 saturated heterocycles. The summed E-state index contributed by atoms with van der Waals surface area (Å²) < 4.78 is 6.03. The smallest absolute Gasteiger partial charge is 0.119 e. The van der Waals surface area contributed by atoms with Gasteiger partial charge in [-0.05, 0) is 74.1 Å². The van der Waals surface area contributed by atoms with Crippen molar-refractivity contribution in [3.63, 3.8) is 0 Å². The van der Waals surface area contributed by atoms with E-state index in [1.807, 2.05) is 30.3 Å². The molecule has 0 aromatic heterocycles. The highest BCUT2D eigenvalue weighted by Gasteiger charge is 2.20. The first-order valence-corrected chi connectivity index (χ1v) is 11.0. The predicted octanol–water partition coefficient (Wildman–Crippen LogP) is 6.92. The third-order valence-electron chi connectivity index (χ3n) is 5.65. The van der Waals surface area contributed by atoms with E-state index in [9.17, 15) is 0 Å². The van der Waals surface area contributed by atoms with Crippen LogP contribution in [0.5, 0.6) is 5.75 Å². The molecule has 1 aliphatic rings. The summed E-state index contributed by atoms with van der Waals surface area (Å²) >= 11 is 0. The van der Waals surface area contributed by atoms with Crippen molar-refractivity contribution in [2.45, 2.75) is 45.6 Å². The van der Waals surface area contributed by atoms with Crippen molar-refractivity contribution in [2.24, 2.45) is 11.8 Å². The molecule has 0 radical (unpaired) electrons. The van der Waals surface area contributed by atoms with Crippen molar-refractivity contribution in [1.82, 2.24) is 0 Å². The number of aryl methyl sites for hydroxylation is 1. The molecule has 3 nitrogen and oxygen atoms in total. The van der Waals surface area contributed by atoms with Gasteiger partial charge in [0.05, 0.1) is 13.2 Å². The molecule has 1 fully saturated rings. The van der Waals surface area contributed by atoms with Crippen LogP contribution in [-0.2, 0) is 16.4 Å². The van der Waals surface area contributed by atoms with Crippen molar-refractivity contribution < 1.29 is 14.5 Å². The zero-order valence-electron chi connectivity index (χ0n) is 18.1. The van der Waals surface area contributed by atoms with Crippen LogP contribution in [0.25, 0.3) is 6.08 Å². The second-order valence-electron chi connectivity index (χ2n) is 8.17. The molecule has 3 heteroatoms. The Morgan fingerprint density at radius 3 is 2.37 bits per heavy atom. The van der Waals surface area contributed by atoms with E-state index in [0.717, 1.165) is 24.3 Å². The first-order valence-electron chi connectivity index (χ1n) is 11.0. The highest BCUT2D eigenvalue weighted by molar-refractivity contribution is 5.49. The zero-order valence-corrected chi connectivity index (χ0v) is 18.1. The van der Waals surface area contributed by atoms with Crippen LogP contribution in [0, 0.1) is 18.8 Å². The summed E-state index contributed by atoms with van der Waals surface area (Å²) in [6.45, 7) is 7.56. The zero-order chi connectivity index (χ0) is 21.0. The fraction of sp³-hybridized carbons (Fsp3) is 0.407. The Morgan fingerprint density at radius 2 is 1.67 bits per heavy atom. The fourth-order valence-electron chi connectivity index (χ4n) is 3.67. The number of ether oxygens (including phenoxy) is 1. The van der Waals surface area contributed by atoms with E-state index in [1.54, 1.807) is 0 Å². The molecule has 0 unspecified atom stereocenters. The second-order valence-corrected chi connectivity index (χ2v) is 8.17. The molecule has 0 heterocycles. The van der Waals surface area contributed by atoms with Crippen LogP contribution in [0.2, 0.25) is 0 Å². The predicted molar refractivity (Wildman–Crippen MR) is 123 cm³/mol. The monoisotopic (exact) mass is 406 g/mol. The van der Waals surface area contributed by atoms with Gasteiger partial charge in [0.1, 0.15) is 12.4 Å². The molecule has 0 bridgehead atoms. The minimum atomic E-state index is 0.442. The van der Waals surface area contributed by atoms with Crippen LogP contribution < -0.4 is 4.74 Å². The summed E-state index contributed by atoms with van der Waals surface area (Å²) in [5, 5.41) is 0. The quantitative estimate of drug-likeness (QED) is 0.175. The minimum Gasteiger partial charge on any atom is -0.493 e. The van der Waals surface area contributed by atoms with Gasteiger partial charge in [0.25, 0.3) is 0 Å². The summed E-state index contributed by atoms with van der Waals surface area (Å²) in [7, 11) is 0. The topological polar surface area (TPSA) is 27.7 Å². The van der Waals surface area contributed by atoms with Gasteiger partial charge < -0.3 is 4.74 Å². The van der Waals surface area contributed by atoms with Gasteiger partial charge in [0.2, 0.25) is 0 Å². The van der Waals surface area contributed by atoms with Gasteiger partial charge in [-0.3, -0.25) is 0 Å². The van der Waals surface area contributed by atoms with Crippen LogP contribution in [-0.4, -0.2) is 13.2 Å². The lowest BCUT2D eigenvalue weighted by molar-refractivity contribution is -0.302. The average molecular weight is 407 g/mol. The lowest BCUT2D eigenvalue weighted by Crippen LogP contribution is -2.19. The summed E-state index contributed by atoms with van der Waals surface area (Å²) in [6, 6.07) is 16.8. The SMILES string of the molecule is C=CCCOOCc1ccc(OCC2CCC(C=Cc3ccc(C)cc3)CC2)cc1. The number of benzene rings is 2. The number of hydrogen-bond donors (Lipinski definition) is 0. The Kier molecular flexibility index (Phi) is 9.20. The molecular formula is C27H34O3. The molecule has 2 aromatic carbocycles. The number of allylic oxidation sites excluding steroid dienone is 1. The van der Waals surface area contributed by atoms with E-state index >= 15 is 0 Å². The van der Waals surface area contributed by atoms with Gasteiger partial charge in [-0.2, -0.15) is 0 Å². The van der Waals surface area contributed by atoms with Gasteiger partial charge in [0.15, 0.2) is 0 Å². The standard InChI is InChI=1S/C27H34O3/c1-3-4-19-29-30-21-26-15-17-27(18-16-26)28-20-25-13-11-24(12-14-25)10-9-23-7-5-22(2)6-8-23/h3,5-10,15-18,24-25H,1,4,11-14,19-21H2,2H3. The molecule has 0 N–H and O–H groups in total. The van der Waals surface area contributed by atoms with E-state index in [-0.39, 0.29) is 0 Å². The van der Waals surface area contributed by atoms with Crippen LogP contribution >= 0.6 is 0 Å². The third-order valence-corrected chi connectivity index (χ3v) is 5.65. The van der Waals surface area contributed by atoms with Gasteiger partial charge in [0, 0.05) is 0 Å². The van der Waals surface area contributed by atoms with Gasteiger partial charge in [-0.1, -0.05) is 60.2 Å². The lowest BCUT2D eigenvalue weighted by atomic mass is 9.82. The largest absolute Gasteiger partial charge is 0.493 e. The van der Waals surface area contributed by atoms with Gasteiger partial charge in [-0.25, -0.2) is 9.78 Å². The third kappa shape index (κ3) is 7.81. The van der Waals surface area contributed by atoms with E-state index in [2.05, 4.69) is 49.9 Å². The van der Waals surface area contributed by atoms with E-state index in [0.29, 0.717) is 25.0 Å². The van der Waals surface area contributed by atoms with E-state index in [1.165, 1.54) is 36.8 Å². The van der Waals surface area contributed by atoms with Gasteiger partial charge >= 0.3 is 0 Å². The van der Waals surface area contributed by atoms with Crippen molar-refractivity contribution in [3.8, 4) is 5.75 Å². The molecule has 3 rings (SSSR count). The Bertz CT molecular complexity index is 769. The first-order chi connectivity index (χ1) is 14.7. The van der Waals surface area contributed by atoms with Crippen molar-refractivity contribution in [2.75, 3.05) is 13.2 Å². The van der Waals surface area contributed by atoms with Gasteiger partial charge in [-0.15, -0.1) is 6.58 Å². The Labute approximate surface area is 181 Å². The van der Waals surface area contributed by atoms with Crippen molar-refractivity contribution >= 4 is 6.08 Å². The molecule has 160 valence electrons. The average Bonchev–Trinajstić information content (AvgIpc) is 2.79. The summed E-state index contributed by atoms with van der Waals surface area (Å²) in [6.07, 6.45) is 12.2. The van der Waals surface area contributed by atoms with Crippen LogP contribution in [0.4, 0.5) is 0 Å². The van der Waals surface area contributed by atoms with E-state index in [4.69, 9.17) is 14.5 Å². The molecular weight excluding hydrogens is 372 g/mol. The summed E-state index contributed by atoms with van der Waals surface area (Å²) in [5.74, 6) is 2.26. The minimum absolute atomic E-state index is 0.442. The maximum absolute atomic E-state index is 6.03. The molecule has 1 aliphatic carbocycles. The summed E-state index contributed by atoms with van der Waals surface area (Å²) in [4.78, 5) is 10.3. The molecule has 0 aliphatic heterocycles. The maximum atomic E-state index is 6.03. The Balaban J connectivity index is 1.33. The molecule has 0 spiro atoms. The summed E-state index contributed by atoms with van der Waals surface area (Å²) in [5.41, 5.74) is 3.67. The lowest BCUT2D eigenvalue weighted by Gasteiger charge is -2.26. The fourth-order valence-corrected chi connectivity index (χ4v) is 3.67. The number of rotatable bonds is 11. The molecule has 30 heavy (non-hydrogen) atoms. The highest BCUT2D eigenvalue weighted by Crippen LogP contribution is 2.30. The molecule has 2 aromatic rings. The highest BCUT2D eigenvalue weighted by atomic mass is 17.2. The van der Waals surface area contributed by atoms with Crippen molar-refractivity contribution in [3.05, 3.63) is 84.0 Å². The first kappa shape index (κ1) is 22.3. The number of hydrogen-bond acceptors (Lipinski definition) is 3. The van der Waals surface area contributed by atoms with E-state index < -0.39 is 0 Å². The maximum Gasteiger partial charge on any atom is 0.119 e. The molecule has 0 amide bonds. The Hall–Kier alpha value is -2.36. The second kappa shape index (κ2) is 12.4. The van der Waals surface area contributed by atoms with Crippen LogP contribution in [0.15, 0.2) is 67.3 Å². The molecule has 0 atom stereocenters. The van der Waals surface area contributed by atoms with Crippen LogP contribution in [0.1, 0.15) is 48.8 Å². The molecule has 1 saturated carbocycles.